The van der Waals surface area contributed by atoms with Gasteiger partial charge in [-0.05, 0) is 54.2 Å². The molecule has 1 aliphatic carbocycles. The highest BCUT2D eigenvalue weighted by atomic mass is 16.4. The summed E-state index contributed by atoms with van der Waals surface area (Å²) >= 11 is 0. The molecule has 0 aliphatic heterocycles. The minimum Gasteiger partial charge on any atom is -0.466 e. The number of carbonyl (C=O) groups excluding carboxylic acids is 2. The van der Waals surface area contributed by atoms with Crippen molar-refractivity contribution in [2.45, 2.75) is 76.5 Å². The van der Waals surface area contributed by atoms with Gasteiger partial charge in [-0.15, -0.1) is 0 Å². The van der Waals surface area contributed by atoms with Crippen molar-refractivity contribution in [2.24, 2.45) is 0 Å². The molecule has 2 heterocycles. The third-order valence-electron chi connectivity index (χ3n) is 6.75. The molecule has 7 nitrogen and oxygen atoms in total. The van der Waals surface area contributed by atoms with Crippen LogP contribution >= 0.6 is 0 Å². The summed E-state index contributed by atoms with van der Waals surface area (Å²) in [5.41, 5.74) is 2.08. The third-order valence-corrected chi connectivity index (χ3v) is 6.75. The largest absolute Gasteiger partial charge is 0.466 e. The van der Waals surface area contributed by atoms with Crippen LogP contribution < -0.4 is 10.2 Å². The van der Waals surface area contributed by atoms with Gasteiger partial charge in [-0.1, -0.05) is 58.2 Å². The van der Waals surface area contributed by atoms with Gasteiger partial charge in [0.25, 0.3) is 5.91 Å². The van der Waals surface area contributed by atoms with Gasteiger partial charge in [0.1, 0.15) is 11.8 Å². The van der Waals surface area contributed by atoms with Crippen LogP contribution in [0.5, 0.6) is 0 Å². The molecule has 2 N–H and O–H groups in total. The third kappa shape index (κ3) is 5.85. The van der Waals surface area contributed by atoms with E-state index in [1.54, 1.807) is 36.7 Å². The molecule has 0 bridgehead atoms. The lowest BCUT2D eigenvalue weighted by atomic mass is 9.87. The molecule has 7 heteroatoms. The minimum atomic E-state index is -1.57. The first-order valence-corrected chi connectivity index (χ1v) is 12.6. The number of benzene rings is 1. The van der Waals surface area contributed by atoms with Gasteiger partial charge >= 0.3 is 0 Å². The lowest BCUT2D eigenvalue weighted by Crippen LogP contribution is -2.48. The highest BCUT2D eigenvalue weighted by Gasteiger charge is 2.38. The zero-order valence-electron chi connectivity index (χ0n) is 21.2. The topological polar surface area (TPSA) is 95.7 Å². The quantitative estimate of drug-likeness (QED) is 0.474. The van der Waals surface area contributed by atoms with Crippen LogP contribution in [0.1, 0.15) is 81.9 Å². The molecule has 1 saturated carbocycles. The summed E-state index contributed by atoms with van der Waals surface area (Å²) in [6.45, 7) is 6.34. The maximum absolute atomic E-state index is 13.9. The maximum Gasteiger partial charge on any atom is 0.264 e. The fourth-order valence-corrected chi connectivity index (χ4v) is 4.71. The van der Waals surface area contributed by atoms with E-state index in [0.717, 1.165) is 31.2 Å². The number of hydrogen-bond acceptors (Lipinski definition) is 5. The summed E-state index contributed by atoms with van der Waals surface area (Å²) in [6, 6.07) is 13.3. The maximum atomic E-state index is 13.9. The Morgan fingerprint density at radius 2 is 1.78 bits per heavy atom. The van der Waals surface area contributed by atoms with Gasteiger partial charge in [-0.3, -0.25) is 19.5 Å². The van der Waals surface area contributed by atoms with Gasteiger partial charge in [0.2, 0.25) is 5.91 Å². The number of aliphatic hydroxyl groups is 1. The van der Waals surface area contributed by atoms with Gasteiger partial charge in [0.15, 0.2) is 6.10 Å². The first-order chi connectivity index (χ1) is 17.3. The van der Waals surface area contributed by atoms with Gasteiger partial charge in [0, 0.05) is 29.7 Å². The molecular weight excluding hydrogens is 454 g/mol. The van der Waals surface area contributed by atoms with E-state index in [0.29, 0.717) is 11.3 Å². The Morgan fingerprint density at radius 1 is 1.06 bits per heavy atom. The SMILES string of the molecule is CC(C)(C)c1ccc(N(C(=O)C(O)c2ccco2)C(C(=O)NC2CCCCC2)c2cccnc2)cc1. The van der Waals surface area contributed by atoms with Crippen molar-refractivity contribution < 1.29 is 19.1 Å². The number of pyridine rings is 1. The van der Waals surface area contributed by atoms with Gasteiger partial charge in [0.05, 0.1) is 6.26 Å². The summed E-state index contributed by atoms with van der Waals surface area (Å²) in [5, 5.41) is 14.1. The lowest BCUT2D eigenvalue weighted by molar-refractivity contribution is -0.132. The molecule has 3 aromatic rings. The monoisotopic (exact) mass is 489 g/mol. The molecule has 2 atom stereocenters. The number of carbonyl (C=O) groups is 2. The Bertz CT molecular complexity index is 1130. The van der Waals surface area contributed by atoms with Crippen LogP contribution in [-0.4, -0.2) is 27.9 Å². The Kier molecular flexibility index (Phi) is 7.89. The molecule has 190 valence electrons. The Balaban J connectivity index is 1.77. The van der Waals surface area contributed by atoms with E-state index in [9.17, 15) is 14.7 Å². The number of hydrogen-bond donors (Lipinski definition) is 2. The van der Waals surface area contributed by atoms with Crippen LogP contribution in [0, 0.1) is 0 Å². The van der Waals surface area contributed by atoms with Crippen LogP contribution in [0.4, 0.5) is 5.69 Å². The number of rotatable bonds is 7. The molecule has 4 rings (SSSR count). The van der Waals surface area contributed by atoms with E-state index < -0.39 is 18.1 Å². The molecule has 1 aliphatic rings. The van der Waals surface area contributed by atoms with Gasteiger partial charge in [-0.25, -0.2) is 0 Å². The minimum absolute atomic E-state index is 0.0561. The molecule has 2 aromatic heterocycles. The molecular formula is C29H35N3O4. The molecule has 1 aromatic carbocycles. The van der Waals surface area contributed by atoms with Gasteiger partial charge in [-0.2, -0.15) is 0 Å². The molecule has 0 saturated heterocycles. The van der Waals surface area contributed by atoms with E-state index >= 15 is 0 Å². The summed E-state index contributed by atoms with van der Waals surface area (Å²) in [7, 11) is 0. The Labute approximate surface area is 212 Å². The zero-order valence-corrected chi connectivity index (χ0v) is 21.2. The van der Waals surface area contributed by atoms with Crippen molar-refractivity contribution in [3.8, 4) is 0 Å². The van der Waals surface area contributed by atoms with Crippen molar-refractivity contribution >= 4 is 17.5 Å². The standard InChI is InChI=1S/C29H35N3O4/c1-29(2,3)21-13-15-23(16-14-21)32(28(35)26(33)24-12-8-18-36-24)25(20-9-7-17-30-19-20)27(34)31-22-10-5-4-6-11-22/h7-9,12-19,22,25-26,33H,4-6,10-11H2,1-3H3,(H,31,34). The molecule has 0 spiro atoms. The van der Waals surface area contributed by atoms with Crippen molar-refractivity contribution in [1.29, 1.82) is 0 Å². The zero-order chi connectivity index (χ0) is 25.7. The average molecular weight is 490 g/mol. The van der Waals surface area contributed by atoms with Crippen molar-refractivity contribution in [1.82, 2.24) is 10.3 Å². The second-order valence-electron chi connectivity index (χ2n) is 10.5. The number of furan rings is 1. The average Bonchev–Trinajstić information content (AvgIpc) is 3.42. The first kappa shape index (κ1) is 25.6. The van der Waals surface area contributed by atoms with E-state index in [1.165, 1.54) is 17.6 Å². The highest BCUT2D eigenvalue weighted by Crippen LogP contribution is 2.33. The smallest absolute Gasteiger partial charge is 0.264 e. The predicted molar refractivity (Wildman–Crippen MR) is 138 cm³/mol. The van der Waals surface area contributed by atoms with Crippen LogP contribution in [0.15, 0.2) is 71.6 Å². The van der Waals surface area contributed by atoms with Crippen LogP contribution in [0.25, 0.3) is 0 Å². The van der Waals surface area contributed by atoms with Crippen molar-refractivity contribution in [3.05, 3.63) is 84.1 Å². The normalized spacial score (nSPS) is 16.2. The fourth-order valence-electron chi connectivity index (χ4n) is 4.71. The molecule has 0 radical (unpaired) electrons. The van der Waals surface area contributed by atoms with E-state index in [2.05, 4.69) is 31.1 Å². The molecule has 2 amide bonds. The number of amides is 2. The lowest BCUT2D eigenvalue weighted by Gasteiger charge is -2.34. The van der Waals surface area contributed by atoms with Crippen molar-refractivity contribution in [2.75, 3.05) is 4.90 Å². The Hall–Kier alpha value is -3.45. The molecule has 36 heavy (non-hydrogen) atoms. The summed E-state index contributed by atoms with van der Waals surface area (Å²) in [6.07, 6.45) is 8.18. The number of nitrogens with zero attached hydrogens (tertiary/aromatic N) is 2. The summed E-state index contributed by atoms with van der Waals surface area (Å²) < 4.78 is 5.32. The van der Waals surface area contributed by atoms with E-state index in [4.69, 9.17) is 4.42 Å². The molecule has 2 unspecified atom stereocenters. The second kappa shape index (κ2) is 11.1. The molecule has 1 fully saturated rings. The van der Waals surface area contributed by atoms with Crippen LogP contribution in [0.2, 0.25) is 0 Å². The second-order valence-corrected chi connectivity index (χ2v) is 10.5. The van der Waals surface area contributed by atoms with Crippen molar-refractivity contribution in [3.63, 3.8) is 0 Å². The first-order valence-electron chi connectivity index (χ1n) is 12.6. The van der Waals surface area contributed by atoms with Crippen LogP contribution in [-0.2, 0) is 15.0 Å². The highest BCUT2D eigenvalue weighted by molar-refractivity contribution is 6.03. The van der Waals surface area contributed by atoms with Crippen LogP contribution in [0.3, 0.4) is 0 Å². The van der Waals surface area contributed by atoms with Gasteiger partial charge < -0.3 is 14.8 Å². The number of aliphatic hydroxyl groups excluding tert-OH is 1. The van der Waals surface area contributed by atoms with E-state index in [1.807, 2.05) is 24.3 Å². The number of anilines is 1. The van der Waals surface area contributed by atoms with E-state index in [-0.39, 0.29) is 23.1 Å². The number of nitrogens with one attached hydrogen (secondary N) is 1. The Morgan fingerprint density at radius 3 is 2.36 bits per heavy atom. The summed E-state index contributed by atoms with van der Waals surface area (Å²) in [5.74, 6) is -0.829. The summed E-state index contributed by atoms with van der Waals surface area (Å²) in [4.78, 5) is 33.3. The predicted octanol–water partition coefficient (Wildman–Crippen LogP) is 5.23. The fraction of sp³-hybridized carbons (Fsp3) is 0.414. The number of aromatic nitrogens is 1.